The van der Waals surface area contributed by atoms with Crippen molar-refractivity contribution in [2.24, 2.45) is 0 Å². The molecule has 8 heteroatoms. The zero-order valence-electron chi connectivity index (χ0n) is 18.4. The number of hydrogen-bond donors (Lipinski definition) is 0. The van der Waals surface area contributed by atoms with Crippen LogP contribution in [0.4, 0.5) is 0 Å². The van der Waals surface area contributed by atoms with E-state index in [0.717, 1.165) is 11.1 Å². The third kappa shape index (κ3) is 5.91. The summed E-state index contributed by atoms with van der Waals surface area (Å²) in [5.74, 6) is 0. The van der Waals surface area contributed by atoms with Crippen molar-refractivity contribution in [2.45, 2.75) is 64.2 Å². The van der Waals surface area contributed by atoms with Crippen LogP contribution in [0.1, 0.15) is 46.2 Å². The largest absolute Gasteiger partial charge is 0.297 e. The van der Waals surface area contributed by atoms with Crippen LogP contribution in [0.25, 0.3) is 0 Å². The second-order valence-electron chi connectivity index (χ2n) is 7.71. The first-order chi connectivity index (χ1) is 13.8. The molecule has 0 aliphatic rings. The Hall–Kier alpha value is -1.74. The van der Waals surface area contributed by atoms with E-state index in [1.165, 1.54) is 0 Å². The molecule has 0 heterocycles. The van der Waals surface area contributed by atoms with Crippen molar-refractivity contribution < 1.29 is 25.2 Å². The highest BCUT2D eigenvalue weighted by atomic mass is 32.2. The van der Waals surface area contributed by atoms with E-state index in [2.05, 4.69) is 0 Å². The minimum atomic E-state index is -3.87. The molecule has 0 N–H and O–H groups in total. The Morgan fingerprint density at radius 3 is 1.10 bits per heavy atom. The zero-order chi connectivity index (χ0) is 22.7. The molecule has 0 fully saturated rings. The third-order valence-corrected chi connectivity index (χ3v) is 7.97. The Bertz CT molecular complexity index is 995. The molecule has 0 aliphatic carbocycles. The predicted molar refractivity (Wildman–Crippen MR) is 117 cm³/mol. The Labute approximate surface area is 180 Å². The molecule has 30 heavy (non-hydrogen) atoms. The van der Waals surface area contributed by atoms with Gasteiger partial charge in [0.2, 0.25) is 0 Å². The van der Waals surface area contributed by atoms with E-state index in [1.807, 2.05) is 13.8 Å². The molecule has 0 amide bonds. The smallest absolute Gasteiger partial charge is 0.266 e. The van der Waals surface area contributed by atoms with Crippen molar-refractivity contribution in [3.8, 4) is 0 Å². The summed E-state index contributed by atoms with van der Waals surface area (Å²) in [6.45, 7) is 10.7. The van der Waals surface area contributed by atoms with Crippen molar-refractivity contribution in [1.29, 1.82) is 0 Å². The van der Waals surface area contributed by atoms with Crippen LogP contribution in [0.15, 0.2) is 34.1 Å². The predicted octanol–water partition coefficient (Wildman–Crippen LogP) is 4.43. The monoisotopic (exact) mass is 454 g/mol. The van der Waals surface area contributed by atoms with Crippen LogP contribution in [0.5, 0.6) is 0 Å². The molecule has 0 saturated heterocycles. The Morgan fingerprint density at radius 2 is 0.833 bits per heavy atom. The molecule has 0 spiro atoms. The molecule has 0 radical (unpaired) electrons. The fourth-order valence-electron chi connectivity index (χ4n) is 3.78. The maximum atomic E-state index is 12.5. The van der Waals surface area contributed by atoms with Gasteiger partial charge in [0, 0.05) is 0 Å². The van der Waals surface area contributed by atoms with Crippen molar-refractivity contribution in [3.05, 3.63) is 57.6 Å². The van der Waals surface area contributed by atoms with Gasteiger partial charge in [-0.2, -0.15) is 16.8 Å². The van der Waals surface area contributed by atoms with Crippen LogP contribution in [0, 0.1) is 41.5 Å². The summed E-state index contributed by atoms with van der Waals surface area (Å²) in [4.78, 5) is 0.384. The average molecular weight is 455 g/mol. The minimum absolute atomic E-state index is 0.0406. The highest BCUT2D eigenvalue weighted by Crippen LogP contribution is 2.25. The fraction of sp³-hybridized carbons (Fsp3) is 0.455. The standard InChI is InChI=1S/C22H30O6S2/c1-15-11-17(3)21(18(4)12-15)29(23,24)27-9-7-8-10-28-30(25,26)22-19(5)13-16(2)14-20(22)6/h11-14H,7-10H2,1-6H3. The molecule has 0 aromatic heterocycles. The van der Waals surface area contributed by atoms with E-state index in [-0.39, 0.29) is 23.0 Å². The van der Waals surface area contributed by atoms with Gasteiger partial charge in [0.1, 0.15) is 0 Å². The SMILES string of the molecule is Cc1cc(C)c(S(=O)(=O)OCCCCOS(=O)(=O)c2c(C)cc(C)cc2C)c(C)c1. The fourth-order valence-corrected chi connectivity index (χ4v) is 6.50. The number of hydrogen-bond acceptors (Lipinski definition) is 6. The molecule has 2 aromatic carbocycles. The van der Waals surface area contributed by atoms with Crippen LogP contribution in [0.3, 0.4) is 0 Å². The minimum Gasteiger partial charge on any atom is -0.266 e. The summed E-state index contributed by atoms with van der Waals surface area (Å²) >= 11 is 0. The van der Waals surface area contributed by atoms with Gasteiger partial charge in [0.25, 0.3) is 20.2 Å². The Kier molecular flexibility index (Phi) is 7.85. The topological polar surface area (TPSA) is 86.7 Å². The van der Waals surface area contributed by atoms with E-state index < -0.39 is 20.2 Å². The zero-order valence-corrected chi connectivity index (χ0v) is 20.0. The van der Waals surface area contributed by atoms with Crippen LogP contribution in [-0.2, 0) is 28.6 Å². The summed E-state index contributed by atoms with van der Waals surface area (Å²) in [6.07, 6.45) is 0.704. The first kappa shape index (κ1) is 24.5. The molecule has 0 saturated carbocycles. The second kappa shape index (κ2) is 9.60. The Balaban J connectivity index is 1.91. The molecular formula is C22H30O6S2. The lowest BCUT2D eigenvalue weighted by molar-refractivity contribution is 0.270. The summed E-state index contributed by atoms with van der Waals surface area (Å²) in [6, 6.07) is 7.21. The average Bonchev–Trinajstić information content (AvgIpc) is 2.55. The molecule has 0 bridgehead atoms. The molecule has 2 rings (SSSR count). The molecule has 0 unspecified atom stereocenters. The number of unbranched alkanes of at least 4 members (excludes halogenated alkanes) is 1. The second-order valence-corrected chi connectivity index (χ2v) is 10.8. The first-order valence-electron chi connectivity index (χ1n) is 9.79. The molecule has 0 aliphatic heterocycles. The Morgan fingerprint density at radius 1 is 0.567 bits per heavy atom. The third-order valence-electron chi connectivity index (χ3n) is 4.72. The van der Waals surface area contributed by atoms with E-state index in [0.29, 0.717) is 35.1 Å². The van der Waals surface area contributed by atoms with Gasteiger partial charge in [-0.3, -0.25) is 8.37 Å². The summed E-state index contributed by atoms with van der Waals surface area (Å²) in [5, 5.41) is 0. The molecule has 2 aromatic rings. The van der Waals surface area contributed by atoms with Gasteiger partial charge in [-0.15, -0.1) is 0 Å². The molecule has 0 atom stereocenters. The van der Waals surface area contributed by atoms with Crippen molar-refractivity contribution in [2.75, 3.05) is 13.2 Å². The number of rotatable bonds is 9. The van der Waals surface area contributed by atoms with Crippen molar-refractivity contribution >= 4 is 20.2 Å². The molecule has 6 nitrogen and oxygen atoms in total. The van der Waals surface area contributed by atoms with Crippen LogP contribution >= 0.6 is 0 Å². The maximum absolute atomic E-state index is 12.5. The summed E-state index contributed by atoms with van der Waals surface area (Å²) in [7, 11) is -7.74. The van der Waals surface area contributed by atoms with Crippen LogP contribution < -0.4 is 0 Å². The van der Waals surface area contributed by atoms with Crippen LogP contribution in [0.2, 0.25) is 0 Å². The quantitative estimate of drug-likeness (QED) is 0.412. The van der Waals surface area contributed by atoms with Crippen molar-refractivity contribution in [3.63, 3.8) is 0 Å². The lowest BCUT2D eigenvalue weighted by Gasteiger charge is -2.13. The lowest BCUT2D eigenvalue weighted by Crippen LogP contribution is -2.13. The van der Waals surface area contributed by atoms with Gasteiger partial charge >= 0.3 is 0 Å². The highest BCUT2D eigenvalue weighted by Gasteiger charge is 2.22. The van der Waals surface area contributed by atoms with Gasteiger partial charge in [-0.1, -0.05) is 35.4 Å². The van der Waals surface area contributed by atoms with Crippen LogP contribution in [-0.4, -0.2) is 30.0 Å². The van der Waals surface area contributed by atoms with E-state index >= 15 is 0 Å². The number of benzene rings is 2. The number of aryl methyl sites for hydroxylation is 6. The van der Waals surface area contributed by atoms with Gasteiger partial charge < -0.3 is 0 Å². The van der Waals surface area contributed by atoms with Gasteiger partial charge in [-0.05, 0) is 76.6 Å². The molecular weight excluding hydrogens is 424 g/mol. The van der Waals surface area contributed by atoms with Gasteiger partial charge in [-0.25, -0.2) is 0 Å². The van der Waals surface area contributed by atoms with E-state index in [4.69, 9.17) is 8.37 Å². The van der Waals surface area contributed by atoms with Crippen molar-refractivity contribution in [1.82, 2.24) is 0 Å². The maximum Gasteiger partial charge on any atom is 0.297 e. The molecule has 166 valence electrons. The summed E-state index contributed by atoms with van der Waals surface area (Å²) in [5.41, 5.74) is 4.55. The normalized spacial score (nSPS) is 12.3. The lowest BCUT2D eigenvalue weighted by atomic mass is 10.1. The van der Waals surface area contributed by atoms with E-state index in [9.17, 15) is 16.8 Å². The highest BCUT2D eigenvalue weighted by molar-refractivity contribution is 7.87. The van der Waals surface area contributed by atoms with Gasteiger partial charge in [0.15, 0.2) is 0 Å². The van der Waals surface area contributed by atoms with E-state index in [1.54, 1.807) is 52.0 Å². The first-order valence-corrected chi connectivity index (χ1v) is 12.6. The van der Waals surface area contributed by atoms with Gasteiger partial charge in [0.05, 0.1) is 23.0 Å². The summed E-state index contributed by atoms with van der Waals surface area (Å²) < 4.78 is 60.4.